The molecule has 0 unspecified atom stereocenters. The van der Waals surface area contributed by atoms with E-state index in [1.54, 1.807) is 19.2 Å². The van der Waals surface area contributed by atoms with Gasteiger partial charge in [0.15, 0.2) is 0 Å². The molecule has 0 radical (unpaired) electrons. The average molecular weight is 443 g/mol. The molecule has 29 heavy (non-hydrogen) atoms. The lowest BCUT2D eigenvalue weighted by molar-refractivity contribution is -0.135. The molecule has 8 nitrogen and oxygen atoms in total. The van der Waals surface area contributed by atoms with E-state index in [0.29, 0.717) is 35.1 Å². The SMILES string of the molecule is CCCN(CC(=O)Nc1cc(Cl)ccc1Cl)C(=O)CCCN1C(=O)CN(C)C1=O. The van der Waals surface area contributed by atoms with Gasteiger partial charge in [-0.25, -0.2) is 4.79 Å². The van der Waals surface area contributed by atoms with Gasteiger partial charge in [0.2, 0.25) is 17.7 Å². The third-order valence-corrected chi connectivity index (χ3v) is 4.95. The second kappa shape index (κ2) is 10.5. The van der Waals surface area contributed by atoms with Crippen LogP contribution in [0, 0.1) is 0 Å². The molecule has 1 aromatic carbocycles. The quantitative estimate of drug-likeness (QED) is 0.595. The fourth-order valence-electron chi connectivity index (χ4n) is 2.95. The maximum Gasteiger partial charge on any atom is 0.326 e. The van der Waals surface area contributed by atoms with Gasteiger partial charge in [0.05, 0.1) is 17.3 Å². The second-order valence-electron chi connectivity index (χ2n) is 6.78. The molecule has 1 aliphatic heterocycles. The van der Waals surface area contributed by atoms with Crippen molar-refractivity contribution in [2.75, 3.05) is 38.5 Å². The minimum atomic E-state index is -0.387. The standard InChI is InChI=1S/C19H24Cl2N4O4/c1-3-8-24(11-16(26)22-15-10-13(20)6-7-14(15)21)17(27)5-4-9-25-18(28)12-23(2)19(25)29/h6-7,10H,3-5,8-9,11-12H2,1-2H3,(H,22,26). The number of amides is 5. The van der Waals surface area contributed by atoms with E-state index in [1.807, 2.05) is 6.92 Å². The fraction of sp³-hybridized carbons (Fsp3) is 0.474. The van der Waals surface area contributed by atoms with E-state index in [0.717, 1.165) is 4.90 Å². The van der Waals surface area contributed by atoms with Crippen LogP contribution in [-0.2, 0) is 14.4 Å². The molecule has 1 fully saturated rings. The molecule has 1 N–H and O–H groups in total. The van der Waals surface area contributed by atoms with Gasteiger partial charge in [-0.05, 0) is 31.0 Å². The Morgan fingerprint density at radius 1 is 1.24 bits per heavy atom. The van der Waals surface area contributed by atoms with Gasteiger partial charge in [-0.3, -0.25) is 19.3 Å². The second-order valence-corrected chi connectivity index (χ2v) is 7.62. The van der Waals surface area contributed by atoms with Crippen LogP contribution in [0.5, 0.6) is 0 Å². The topological polar surface area (TPSA) is 90.0 Å². The Morgan fingerprint density at radius 3 is 2.59 bits per heavy atom. The molecule has 5 amide bonds. The summed E-state index contributed by atoms with van der Waals surface area (Å²) in [7, 11) is 1.55. The molecular formula is C19H24Cl2N4O4. The highest BCUT2D eigenvalue weighted by molar-refractivity contribution is 6.35. The Hall–Kier alpha value is -2.32. The molecule has 1 heterocycles. The Labute approximate surface area is 179 Å². The summed E-state index contributed by atoms with van der Waals surface area (Å²) in [5.74, 6) is -0.873. The van der Waals surface area contributed by atoms with Crippen LogP contribution in [-0.4, -0.2) is 71.7 Å². The number of benzene rings is 1. The number of carbonyl (C=O) groups excluding carboxylic acids is 4. The third kappa shape index (κ3) is 6.33. The Kier molecular flexibility index (Phi) is 8.28. The lowest BCUT2D eigenvalue weighted by atomic mass is 10.2. The molecule has 1 aromatic rings. The number of nitrogens with one attached hydrogen (secondary N) is 1. The maximum absolute atomic E-state index is 12.5. The molecular weight excluding hydrogens is 419 g/mol. The number of nitrogens with zero attached hydrogens (tertiary/aromatic N) is 3. The third-order valence-electron chi connectivity index (χ3n) is 4.39. The molecule has 2 rings (SSSR count). The number of carbonyl (C=O) groups is 4. The molecule has 0 spiro atoms. The number of hydrogen-bond acceptors (Lipinski definition) is 4. The first-order chi connectivity index (χ1) is 13.7. The molecule has 0 bridgehead atoms. The van der Waals surface area contributed by atoms with E-state index in [1.165, 1.54) is 15.9 Å². The predicted molar refractivity (Wildman–Crippen MR) is 111 cm³/mol. The summed E-state index contributed by atoms with van der Waals surface area (Å²) in [6, 6.07) is 4.37. The van der Waals surface area contributed by atoms with Crippen LogP contribution in [0.3, 0.4) is 0 Å². The van der Waals surface area contributed by atoms with Crippen LogP contribution < -0.4 is 5.32 Å². The largest absolute Gasteiger partial charge is 0.333 e. The van der Waals surface area contributed by atoms with E-state index in [9.17, 15) is 19.2 Å². The average Bonchev–Trinajstić information content (AvgIpc) is 2.90. The summed E-state index contributed by atoms with van der Waals surface area (Å²) in [4.78, 5) is 52.5. The smallest absolute Gasteiger partial charge is 0.326 e. The first-order valence-corrected chi connectivity index (χ1v) is 10.1. The molecule has 0 aliphatic carbocycles. The van der Waals surface area contributed by atoms with Crippen molar-refractivity contribution in [1.29, 1.82) is 0 Å². The number of hydrogen-bond donors (Lipinski definition) is 1. The van der Waals surface area contributed by atoms with Gasteiger partial charge in [0, 0.05) is 31.6 Å². The van der Waals surface area contributed by atoms with Crippen molar-refractivity contribution in [2.45, 2.75) is 26.2 Å². The Bertz CT molecular complexity index is 802. The monoisotopic (exact) mass is 442 g/mol. The first-order valence-electron chi connectivity index (χ1n) is 9.31. The fourth-order valence-corrected chi connectivity index (χ4v) is 3.29. The van der Waals surface area contributed by atoms with Gasteiger partial charge in [-0.15, -0.1) is 0 Å². The van der Waals surface area contributed by atoms with E-state index in [2.05, 4.69) is 5.32 Å². The number of halogens is 2. The number of rotatable bonds is 9. The number of anilines is 1. The zero-order valence-corrected chi connectivity index (χ0v) is 17.9. The minimum Gasteiger partial charge on any atom is -0.333 e. The zero-order chi connectivity index (χ0) is 21.6. The summed E-state index contributed by atoms with van der Waals surface area (Å²) in [6.07, 6.45) is 1.16. The van der Waals surface area contributed by atoms with Crippen molar-refractivity contribution in [2.24, 2.45) is 0 Å². The van der Waals surface area contributed by atoms with E-state index < -0.39 is 0 Å². The van der Waals surface area contributed by atoms with Gasteiger partial charge < -0.3 is 15.1 Å². The van der Waals surface area contributed by atoms with Crippen molar-refractivity contribution < 1.29 is 19.2 Å². The molecule has 0 saturated carbocycles. The molecule has 0 aromatic heterocycles. The van der Waals surface area contributed by atoms with Crippen LogP contribution >= 0.6 is 23.2 Å². The van der Waals surface area contributed by atoms with Crippen molar-refractivity contribution >= 4 is 52.6 Å². The molecule has 1 aliphatic rings. The molecule has 1 saturated heterocycles. The predicted octanol–water partition coefficient (Wildman–Crippen LogP) is 2.84. The van der Waals surface area contributed by atoms with Gasteiger partial charge in [-0.1, -0.05) is 30.1 Å². The van der Waals surface area contributed by atoms with Crippen molar-refractivity contribution in [1.82, 2.24) is 14.7 Å². The summed E-state index contributed by atoms with van der Waals surface area (Å²) < 4.78 is 0. The number of urea groups is 1. The maximum atomic E-state index is 12.5. The minimum absolute atomic E-state index is 0.0565. The van der Waals surface area contributed by atoms with Gasteiger partial charge >= 0.3 is 6.03 Å². The lowest BCUT2D eigenvalue weighted by Crippen LogP contribution is -2.39. The van der Waals surface area contributed by atoms with Crippen molar-refractivity contribution in [3.05, 3.63) is 28.2 Å². The highest BCUT2D eigenvalue weighted by Crippen LogP contribution is 2.25. The molecule has 0 atom stereocenters. The normalized spacial score (nSPS) is 13.8. The zero-order valence-electron chi connectivity index (χ0n) is 16.4. The van der Waals surface area contributed by atoms with E-state index in [-0.39, 0.29) is 49.8 Å². The van der Waals surface area contributed by atoms with Gasteiger partial charge in [0.1, 0.15) is 6.54 Å². The molecule has 158 valence electrons. The van der Waals surface area contributed by atoms with Crippen LogP contribution in [0.4, 0.5) is 10.5 Å². The van der Waals surface area contributed by atoms with Crippen molar-refractivity contribution in [3.63, 3.8) is 0 Å². The highest BCUT2D eigenvalue weighted by atomic mass is 35.5. The lowest BCUT2D eigenvalue weighted by Gasteiger charge is -2.22. The summed E-state index contributed by atoms with van der Waals surface area (Å²) in [5.41, 5.74) is 0.378. The van der Waals surface area contributed by atoms with E-state index >= 15 is 0 Å². The van der Waals surface area contributed by atoms with Crippen LogP contribution in [0.2, 0.25) is 10.0 Å². The summed E-state index contributed by atoms with van der Waals surface area (Å²) in [6.45, 7) is 2.43. The van der Waals surface area contributed by atoms with E-state index in [4.69, 9.17) is 23.2 Å². The summed E-state index contributed by atoms with van der Waals surface area (Å²) >= 11 is 12.0. The van der Waals surface area contributed by atoms with Crippen LogP contribution in [0.1, 0.15) is 26.2 Å². The van der Waals surface area contributed by atoms with Crippen molar-refractivity contribution in [3.8, 4) is 0 Å². The summed E-state index contributed by atoms with van der Waals surface area (Å²) in [5, 5.41) is 3.44. The highest BCUT2D eigenvalue weighted by Gasteiger charge is 2.33. The Balaban J connectivity index is 1.88. The van der Waals surface area contributed by atoms with Gasteiger partial charge in [0.25, 0.3) is 0 Å². The number of imide groups is 1. The first kappa shape index (κ1) is 23.0. The van der Waals surface area contributed by atoms with Crippen LogP contribution in [0.15, 0.2) is 18.2 Å². The van der Waals surface area contributed by atoms with Crippen LogP contribution in [0.25, 0.3) is 0 Å². The van der Waals surface area contributed by atoms with Gasteiger partial charge in [-0.2, -0.15) is 0 Å². The molecule has 10 heteroatoms. The Morgan fingerprint density at radius 2 is 1.97 bits per heavy atom. The number of likely N-dealkylation sites (N-methyl/N-ethyl adjacent to an activating group) is 1.